The normalized spacial score (nSPS) is 17.2. The van der Waals surface area contributed by atoms with Gasteiger partial charge in [-0.3, -0.25) is 9.78 Å². The molecule has 0 radical (unpaired) electrons. The predicted molar refractivity (Wildman–Crippen MR) is 84.0 cm³/mol. The van der Waals surface area contributed by atoms with E-state index in [0.717, 1.165) is 6.42 Å². The van der Waals surface area contributed by atoms with Gasteiger partial charge in [-0.1, -0.05) is 5.16 Å². The first-order valence-electron chi connectivity index (χ1n) is 7.90. The Hall–Kier alpha value is -2.97. The molecule has 0 aliphatic carbocycles. The van der Waals surface area contributed by atoms with Crippen molar-refractivity contribution < 1.29 is 23.6 Å². The van der Waals surface area contributed by atoms with Crippen LogP contribution in [0.1, 0.15) is 18.7 Å². The van der Waals surface area contributed by atoms with Gasteiger partial charge in [0.25, 0.3) is 5.89 Å². The van der Waals surface area contributed by atoms with Gasteiger partial charge in [0.1, 0.15) is 0 Å². The number of carbonyl (C=O) groups excluding carboxylic acids is 2. The molecule has 2 aromatic rings. The quantitative estimate of drug-likeness (QED) is 0.769. The van der Waals surface area contributed by atoms with E-state index in [2.05, 4.69) is 19.9 Å². The number of hydrogen-bond donors (Lipinski definition) is 0. The average Bonchev–Trinajstić information content (AvgIpc) is 3.15. The fourth-order valence-corrected chi connectivity index (χ4v) is 2.64. The van der Waals surface area contributed by atoms with Gasteiger partial charge < -0.3 is 18.9 Å². The van der Waals surface area contributed by atoms with Gasteiger partial charge in [-0.05, 0) is 25.0 Å². The van der Waals surface area contributed by atoms with Gasteiger partial charge in [-0.25, -0.2) is 4.79 Å². The van der Waals surface area contributed by atoms with E-state index in [1.165, 1.54) is 12.0 Å². The zero-order valence-corrected chi connectivity index (χ0v) is 13.8. The number of ether oxygens (including phenoxy) is 2. The monoisotopic (exact) mass is 346 g/mol. The summed E-state index contributed by atoms with van der Waals surface area (Å²) < 4.78 is 15.0. The summed E-state index contributed by atoms with van der Waals surface area (Å²) in [6.45, 7) is 0.756. The molecule has 9 heteroatoms. The highest BCUT2D eigenvalue weighted by molar-refractivity contribution is 5.74. The molecule has 0 aromatic carbocycles. The third-order valence-electron chi connectivity index (χ3n) is 3.91. The molecule has 25 heavy (non-hydrogen) atoms. The van der Waals surface area contributed by atoms with Gasteiger partial charge in [0, 0.05) is 31.0 Å². The summed E-state index contributed by atoms with van der Waals surface area (Å²) in [6, 6.07) is 3.57. The zero-order chi connectivity index (χ0) is 17.6. The van der Waals surface area contributed by atoms with Gasteiger partial charge in [-0.15, -0.1) is 0 Å². The number of aromatic nitrogens is 3. The largest absolute Gasteiger partial charge is 0.455 e. The number of methoxy groups -OCH3 is 1. The van der Waals surface area contributed by atoms with Crippen molar-refractivity contribution in [2.45, 2.75) is 19.4 Å². The van der Waals surface area contributed by atoms with E-state index in [9.17, 15) is 9.59 Å². The van der Waals surface area contributed by atoms with Crippen LogP contribution in [0.25, 0.3) is 11.4 Å². The SMILES string of the molecule is COC(=O)N1CCC[C@H](C(=O)OCc2nc(-c3cccnc3)no2)C1. The number of amides is 1. The molecule has 1 amide bonds. The first kappa shape index (κ1) is 16.9. The van der Waals surface area contributed by atoms with E-state index in [0.29, 0.717) is 24.4 Å². The Bertz CT molecular complexity index is 733. The van der Waals surface area contributed by atoms with E-state index in [1.807, 2.05) is 0 Å². The number of piperidine rings is 1. The van der Waals surface area contributed by atoms with E-state index in [1.54, 1.807) is 24.5 Å². The Kier molecular flexibility index (Phi) is 5.22. The third kappa shape index (κ3) is 4.11. The molecule has 9 nitrogen and oxygen atoms in total. The van der Waals surface area contributed by atoms with Crippen molar-refractivity contribution in [2.24, 2.45) is 5.92 Å². The van der Waals surface area contributed by atoms with Crippen molar-refractivity contribution in [2.75, 3.05) is 20.2 Å². The second kappa shape index (κ2) is 7.73. The maximum atomic E-state index is 12.2. The lowest BCUT2D eigenvalue weighted by Gasteiger charge is -2.30. The van der Waals surface area contributed by atoms with Crippen LogP contribution >= 0.6 is 0 Å². The van der Waals surface area contributed by atoms with Crippen LogP contribution in [0.2, 0.25) is 0 Å². The molecule has 0 bridgehead atoms. The Morgan fingerprint density at radius 3 is 3.08 bits per heavy atom. The lowest BCUT2D eigenvalue weighted by Crippen LogP contribution is -2.42. The van der Waals surface area contributed by atoms with Gasteiger partial charge >= 0.3 is 12.1 Å². The summed E-state index contributed by atoms with van der Waals surface area (Å²) in [5, 5.41) is 3.84. The highest BCUT2D eigenvalue weighted by atomic mass is 16.6. The molecule has 3 heterocycles. The number of pyridine rings is 1. The first-order chi connectivity index (χ1) is 12.2. The maximum Gasteiger partial charge on any atom is 0.409 e. The molecule has 0 spiro atoms. The minimum absolute atomic E-state index is 0.110. The Balaban J connectivity index is 1.54. The summed E-state index contributed by atoms with van der Waals surface area (Å²) in [6.07, 6.45) is 4.21. The Morgan fingerprint density at radius 1 is 1.44 bits per heavy atom. The molecular weight excluding hydrogens is 328 g/mol. The summed E-state index contributed by atoms with van der Waals surface area (Å²) in [5.41, 5.74) is 0.713. The van der Waals surface area contributed by atoms with E-state index in [-0.39, 0.29) is 25.0 Å². The van der Waals surface area contributed by atoms with Crippen LogP contribution in [0, 0.1) is 5.92 Å². The molecule has 1 saturated heterocycles. The van der Waals surface area contributed by atoms with Crippen molar-refractivity contribution in [3.05, 3.63) is 30.4 Å². The van der Waals surface area contributed by atoms with E-state index in [4.69, 9.17) is 9.26 Å². The van der Waals surface area contributed by atoms with Crippen LogP contribution in [0.3, 0.4) is 0 Å². The molecule has 1 aliphatic heterocycles. The summed E-state index contributed by atoms with van der Waals surface area (Å²) in [7, 11) is 1.32. The number of rotatable bonds is 4. The molecule has 132 valence electrons. The lowest BCUT2D eigenvalue weighted by molar-refractivity contribution is -0.152. The van der Waals surface area contributed by atoms with Crippen molar-refractivity contribution in [3.63, 3.8) is 0 Å². The lowest BCUT2D eigenvalue weighted by atomic mass is 9.99. The third-order valence-corrected chi connectivity index (χ3v) is 3.91. The summed E-state index contributed by atoms with van der Waals surface area (Å²) in [4.78, 5) is 33.4. The molecule has 2 aromatic heterocycles. The Labute approximate surface area is 143 Å². The van der Waals surface area contributed by atoms with Crippen LogP contribution in [0.5, 0.6) is 0 Å². The number of esters is 1. The predicted octanol–water partition coefficient (Wildman–Crippen LogP) is 1.65. The smallest absolute Gasteiger partial charge is 0.409 e. The van der Waals surface area contributed by atoms with Gasteiger partial charge in [0.15, 0.2) is 6.61 Å². The van der Waals surface area contributed by atoms with Crippen LogP contribution in [0.4, 0.5) is 4.79 Å². The topological polar surface area (TPSA) is 108 Å². The molecule has 1 fully saturated rings. The molecular formula is C16H18N4O5. The molecule has 0 saturated carbocycles. The number of hydrogen-bond acceptors (Lipinski definition) is 8. The van der Waals surface area contributed by atoms with Crippen molar-refractivity contribution in [1.82, 2.24) is 20.0 Å². The van der Waals surface area contributed by atoms with Crippen LogP contribution < -0.4 is 0 Å². The average molecular weight is 346 g/mol. The summed E-state index contributed by atoms with van der Waals surface area (Å²) >= 11 is 0. The van der Waals surface area contributed by atoms with Crippen molar-refractivity contribution >= 4 is 12.1 Å². The standard InChI is InChI=1S/C16H18N4O5/c1-23-16(22)20-7-3-5-12(9-20)15(21)24-10-13-18-14(19-25-13)11-4-2-6-17-8-11/h2,4,6,8,12H,3,5,7,9-10H2,1H3/t12-/m0/s1. The number of nitrogens with zero attached hydrogens (tertiary/aromatic N) is 4. The number of carbonyl (C=O) groups is 2. The van der Waals surface area contributed by atoms with Crippen LogP contribution in [-0.2, 0) is 20.9 Å². The van der Waals surface area contributed by atoms with Gasteiger partial charge in [0.2, 0.25) is 5.82 Å². The second-order valence-corrected chi connectivity index (χ2v) is 5.62. The molecule has 1 atom stereocenters. The maximum absolute atomic E-state index is 12.2. The minimum Gasteiger partial charge on any atom is -0.455 e. The van der Waals surface area contributed by atoms with Gasteiger partial charge in [0.05, 0.1) is 13.0 Å². The first-order valence-corrected chi connectivity index (χ1v) is 7.90. The molecule has 0 N–H and O–H groups in total. The second-order valence-electron chi connectivity index (χ2n) is 5.62. The highest BCUT2D eigenvalue weighted by Gasteiger charge is 2.30. The fraction of sp³-hybridized carbons (Fsp3) is 0.438. The van der Waals surface area contributed by atoms with Crippen LogP contribution in [-0.4, -0.2) is 52.3 Å². The number of likely N-dealkylation sites (tertiary alicyclic amines) is 1. The molecule has 0 unspecified atom stereocenters. The van der Waals surface area contributed by atoms with Crippen LogP contribution in [0.15, 0.2) is 29.0 Å². The van der Waals surface area contributed by atoms with E-state index >= 15 is 0 Å². The molecule has 1 aliphatic rings. The Morgan fingerprint density at radius 2 is 2.32 bits per heavy atom. The van der Waals surface area contributed by atoms with Crippen molar-refractivity contribution in [3.8, 4) is 11.4 Å². The highest BCUT2D eigenvalue weighted by Crippen LogP contribution is 2.19. The zero-order valence-electron chi connectivity index (χ0n) is 13.8. The minimum atomic E-state index is -0.435. The fourth-order valence-electron chi connectivity index (χ4n) is 2.64. The van der Waals surface area contributed by atoms with Gasteiger partial charge in [-0.2, -0.15) is 4.98 Å². The van der Waals surface area contributed by atoms with Crippen molar-refractivity contribution in [1.29, 1.82) is 0 Å². The van der Waals surface area contributed by atoms with E-state index < -0.39 is 12.1 Å². The molecule has 3 rings (SSSR count). The summed E-state index contributed by atoms with van der Waals surface area (Å²) in [5.74, 6) is -0.190.